The van der Waals surface area contributed by atoms with E-state index in [0.717, 1.165) is 17.2 Å². The molecule has 17 nitrogen and oxygen atoms in total. The van der Waals surface area contributed by atoms with E-state index in [1.807, 2.05) is 0 Å². The van der Waals surface area contributed by atoms with E-state index in [0.29, 0.717) is 0 Å². The number of ether oxygens (including phenoxy) is 1. The number of phosphoric ester groups is 1. The summed E-state index contributed by atoms with van der Waals surface area (Å²) in [5.41, 5.74) is 5.84. The highest BCUT2D eigenvalue weighted by Gasteiger charge is 2.48. The Bertz CT molecular complexity index is 1110. The predicted octanol–water partition coefficient (Wildman–Crippen LogP) is -0.652. The molecule has 0 bridgehead atoms. The lowest BCUT2D eigenvalue weighted by molar-refractivity contribution is -0.0450. The summed E-state index contributed by atoms with van der Waals surface area (Å²) < 4.78 is 66.1. The van der Waals surface area contributed by atoms with Crippen LogP contribution in [0.5, 0.6) is 0 Å². The van der Waals surface area contributed by atoms with Crippen LogP contribution in [-0.2, 0) is 31.6 Å². The Morgan fingerprint density at radius 1 is 1.13 bits per heavy atom. The molecular weight excluding hydrogens is 494 g/mol. The van der Waals surface area contributed by atoms with Crippen molar-refractivity contribution in [3.05, 3.63) is 12.7 Å². The predicted molar refractivity (Wildman–Crippen MR) is 94.4 cm³/mol. The van der Waals surface area contributed by atoms with Crippen LogP contribution in [0.2, 0.25) is 0 Å². The number of nitrogens with two attached hydrogens (primary N) is 1. The Balaban J connectivity index is 1.69. The minimum Gasteiger partial charge on any atom is -0.387 e. The zero-order valence-corrected chi connectivity index (χ0v) is 17.5. The quantitative estimate of drug-likeness (QED) is 0.241. The molecular formula is C10H15FN5O12P3. The third kappa shape index (κ3) is 5.70. The van der Waals surface area contributed by atoms with Gasteiger partial charge in [0.05, 0.1) is 12.9 Å². The number of phosphoric acid groups is 3. The second-order valence-electron chi connectivity index (χ2n) is 5.97. The fourth-order valence-corrected chi connectivity index (χ4v) is 5.62. The Labute approximate surface area is 171 Å². The van der Waals surface area contributed by atoms with Crippen molar-refractivity contribution >= 4 is 40.4 Å². The van der Waals surface area contributed by atoms with Gasteiger partial charge in [-0.1, -0.05) is 0 Å². The van der Waals surface area contributed by atoms with Gasteiger partial charge in [0.2, 0.25) is 0 Å². The van der Waals surface area contributed by atoms with E-state index in [1.165, 1.54) is 0 Å². The molecule has 2 aromatic rings. The van der Waals surface area contributed by atoms with E-state index >= 15 is 0 Å². The van der Waals surface area contributed by atoms with E-state index in [9.17, 15) is 28.1 Å². The average molecular weight is 509 g/mol. The summed E-state index contributed by atoms with van der Waals surface area (Å²) in [6.07, 6.45) is -4.88. The maximum absolute atomic E-state index is 14.6. The van der Waals surface area contributed by atoms with Gasteiger partial charge in [-0.15, -0.1) is 0 Å². The van der Waals surface area contributed by atoms with Crippen molar-refractivity contribution in [1.82, 2.24) is 19.5 Å². The topological polar surface area (TPSA) is 259 Å². The highest BCUT2D eigenvalue weighted by atomic mass is 31.3. The summed E-state index contributed by atoms with van der Waals surface area (Å²) in [5, 5.41) is 10.0. The fraction of sp³-hybridized carbons (Fsp3) is 0.500. The van der Waals surface area contributed by atoms with Gasteiger partial charge in [0.15, 0.2) is 23.9 Å². The number of aliphatic hydroxyl groups is 1. The number of anilines is 1. The SMILES string of the molecule is Nc1ncnc2c1ncn2C1OC(COP(=O)(O)OP(=O)(O)OP(=O)(O)O)C(O)C1F. The minimum atomic E-state index is -5.73. The zero-order chi connectivity index (χ0) is 23.2. The number of imidazole rings is 1. The number of rotatable bonds is 8. The first-order valence-electron chi connectivity index (χ1n) is 7.88. The third-order valence-electron chi connectivity index (χ3n) is 3.77. The highest BCUT2D eigenvalue weighted by molar-refractivity contribution is 7.66. The molecule has 3 heterocycles. The molecule has 0 radical (unpaired) electrons. The second-order valence-corrected chi connectivity index (χ2v) is 10.4. The Morgan fingerprint density at radius 2 is 1.81 bits per heavy atom. The first-order chi connectivity index (χ1) is 14.2. The molecule has 1 aliphatic heterocycles. The fourth-order valence-electron chi connectivity index (χ4n) is 2.59. The van der Waals surface area contributed by atoms with Crippen LogP contribution in [0.15, 0.2) is 12.7 Å². The summed E-state index contributed by atoms with van der Waals surface area (Å²) in [6.45, 7) is -1.04. The van der Waals surface area contributed by atoms with Gasteiger partial charge in [-0.2, -0.15) is 8.62 Å². The van der Waals surface area contributed by atoms with Crippen molar-refractivity contribution < 1.29 is 60.6 Å². The number of nitrogens with zero attached hydrogens (tertiary/aromatic N) is 4. The van der Waals surface area contributed by atoms with E-state index < -0.39 is 54.7 Å². The molecule has 0 aliphatic carbocycles. The van der Waals surface area contributed by atoms with Crippen molar-refractivity contribution in [1.29, 1.82) is 0 Å². The number of nitrogen functional groups attached to an aromatic ring is 1. The first kappa shape index (κ1) is 24.3. The lowest BCUT2D eigenvalue weighted by Gasteiger charge is -2.19. The van der Waals surface area contributed by atoms with Crippen LogP contribution in [0.4, 0.5) is 10.2 Å². The molecule has 6 atom stereocenters. The van der Waals surface area contributed by atoms with Crippen LogP contribution < -0.4 is 5.73 Å². The molecule has 6 unspecified atom stereocenters. The largest absolute Gasteiger partial charge is 0.490 e. The lowest BCUT2D eigenvalue weighted by atomic mass is 10.1. The van der Waals surface area contributed by atoms with Crippen molar-refractivity contribution in [2.24, 2.45) is 0 Å². The van der Waals surface area contributed by atoms with E-state index in [2.05, 4.69) is 28.1 Å². The summed E-state index contributed by atoms with van der Waals surface area (Å²) in [5.74, 6) is 0.00177. The molecule has 2 aromatic heterocycles. The molecule has 1 fully saturated rings. The van der Waals surface area contributed by atoms with Crippen LogP contribution in [-0.4, -0.2) is 69.2 Å². The van der Waals surface area contributed by atoms with Gasteiger partial charge < -0.3 is 35.2 Å². The molecule has 1 aliphatic rings. The number of aliphatic hydroxyl groups excluding tert-OH is 1. The molecule has 0 spiro atoms. The van der Waals surface area contributed by atoms with Crippen LogP contribution in [0, 0.1) is 0 Å². The Kier molecular flexibility index (Phi) is 6.66. The van der Waals surface area contributed by atoms with Crippen LogP contribution in [0.1, 0.15) is 6.23 Å². The molecule has 1 saturated heterocycles. The monoisotopic (exact) mass is 509 g/mol. The molecule has 0 saturated carbocycles. The number of alkyl halides is 1. The smallest absolute Gasteiger partial charge is 0.387 e. The zero-order valence-electron chi connectivity index (χ0n) is 14.9. The molecule has 3 rings (SSSR count). The lowest BCUT2D eigenvalue weighted by Crippen LogP contribution is -2.31. The Hall–Kier alpha value is -1.39. The summed E-state index contributed by atoms with van der Waals surface area (Å²) >= 11 is 0. The standard InChI is InChI=1S/C10H15FN5O12P3/c11-5-7(17)4(1-25-30(21,22)28-31(23,24)27-29(18,19)20)26-10(5)16-3-15-6-8(12)13-2-14-9(6)16/h2-5,7,10,17H,1H2,(H,21,22)(H,23,24)(H2,12,13,14)(H2,18,19,20). The number of hydrogen-bond donors (Lipinski definition) is 6. The molecule has 0 aromatic carbocycles. The summed E-state index contributed by atoms with van der Waals surface area (Å²) in [6, 6.07) is 0. The molecule has 7 N–H and O–H groups in total. The van der Waals surface area contributed by atoms with Crippen LogP contribution in [0.3, 0.4) is 0 Å². The maximum Gasteiger partial charge on any atom is 0.490 e. The van der Waals surface area contributed by atoms with Crippen molar-refractivity contribution in [3.63, 3.8) is 0 Å². The maximum atomic E-state index is 14.6. The summed E-state index contributed by atoms with van der Waals surface area (Å²) in [4.78, 5) is 47.0. The third-order valence-corrected chi connectivity index (χ3v) is 7.58. The second kappa shape index (κ2) is 8.51. The van der Waals surface area contributed by atoms with Crippen molar-refractivity contribution in [3.8, 4) is 0 Å². The number of halogens is 1. The van der Waals surface area contributed by atoms with Gasteiger partial charge in [-0.25, -0.2) is 33.0 Å². The highest BCUT2D eigenvalue weighted by Crippen LogP contribution is 2.66. The average Bonchev–Trinajstić information content (AvgIpc) is 3.13. The van der Waals surface area contributed by atoms with Gasteiger partial charge in [0.1, 0.15) is 24.1 Å². The molecule has 31 heavy (non-hydrogen) atoms. The van der Waals surface area contributed by atoms with E-state index in [1.54, 1.807) is 0 Å². The first-order valence-corrected chi connectivity index (χ1v) is 12.4. The minimum absolute atomic E-state index is 0.00177. The van der Waals surface area contributed by atoms with Crippen molar-refractivity contribution in [2.75, 3.05) is 12.3 Å². The van der Waals surface area contributed by atoms with Gasteiger partial charge in [-0.05, 0) is 0 Å². The van der Waals surface area contributed by atoms with E-state index in [-0.39, 0.29) is 17.0 Å². The van der Waals surface area contributed by atoms with Crippen molar-refractivity contribution in [2.45, 2.75) is 24.6 Å². The van der Waals surface area contributed by atoms with Crippen LogP contribution >= 0.6 is 23.5 Å². The molecule has 174 valence electrons. The summed E-state index contributed by atoms with van der Waals surface area (Å²) in [7, 11) is -16.8. The van der Waals surface area contributed by atoms with Gasteiger partial charge >= 0.3 is 23.5 Å². The van der Waals surface area contributed by atoms with Gasteiger partial charge in [0.25, 0.3) is 0 Å². The van der Waals surface area contributed by atoms with Crippen LogP contribution in [0.25, 0.3) is 11.2 Å². The molecule has 0 amide bonds. The number of aromatic nitrogens is 4. The van der Waals surface area contributed by atoms with Gasteiger partial charge in [0, 0.05) is 0 Å². The normalized spacial score (nSPS) is 28.5. The van der Waals surface area contributed by atoms with Gasteiger partial charge in [-0.3, -0.25) is 9.09 Å². The number of fused-ring (bicyclic) bond motifs is 1. The Morgan fingerprint density at radius 3 is 2.45 bits per heavy atom. The molecule has 21 heteroatoms. The van der Waals surface area contributed by atoms with E-state index in [4.69, 9.17) is 25.2 Å². The number of hydrogen-bond acceptors (Lipinski definition) is 12.